The summed E-state index contributed by atoms with van der Waals surface area (Å²) < 4.78 is 7.42. The fourth-order valence-electron chi connectivity index (χ4n) is 2.69. The van der Waals surface area contributed by atoms with Crippen molar-refractivity contribution in [1.82, 2.24) is 19.7 Å². The molecule has 0 spiro atoms. The van der Waals surface area contributed by atoms with Crippen molar-refractivity contribution >= 4 is 34.1 Å². The van der Waals surface area contributed by atoms with E-state index >= 15 is 0 Å². The van der Waals surface area contributed by atoms with Crippen LogP contribution in [0.1, 0.15) is 6.92 Å². The Morgan fingerprint density at radius 3 is 2.69 bits per heavy atom. The Bertz CT molecular complexity index is 1050. The molecule has 26 heavy (non-hydrogen) atoms. The van der Waals surface area contributed by atoms with Crippen LogP contribution in [-0.4, -0.2) is 26.4 Å². The molecular formula is C19H16ClN5O. The van der Waals surface area contributed by atoms with Crippen molar-refractivity contribution in [2.75, 3.05) is 11.9 Å². The van der Waals surface area contributed by atoms with E-state index < -0.39 is 0 Å². The number of halogens is 1. The van der Waals surface area contributed by atoms with Crippen molar-refractivity contribution in [3.05, 3.63) is 66.1 Å². The second-order valence-corrected chi connectivity index (χ2v) is 5.98. The highest BCUT2D eigenvalue weighted by atomic mass is 35.5. The van der Waals surface area contributed by atoms with Crippen LogP contribution in [0.15, 0.2) is 61.1 Å². The molecule has 0 aliphatic carbocycles. The molecular weight excluding hydrogens is 350 g/mol. The SMILES string of the molecule is CCOc1ccccc1Nc1ncnc2c1cnn2-c1ccc(Cl)cc1. The highest BCUT2D eigenvalue weighted by Gasteiger charge is 2.12. The van der Waals surface area contributed by atoms with Gasteiger partial charge < -0.3 is 10.1 Å². The van der Waals surface area contributed by atoms with Gasteiger partial charge in [-0.3, -0.25) is 0 Å². The number of ether oxygens (including phenoxy) is 1. The summed E-state index contributed by atoms with van der Waals surface area (Å²) in [5, 5.41) is 9.27. The van der Waals surface area contributed by atoms with Crippen molar-refractivity contribution in [3.63, 3.8) is 0 Å². The first-order chi connectivity index (χ1) is 12.8. The zero-order valence-corrected chi connectivity index (χ0v) is 14.8. The molecule has 0 saturated heterocycles. The quantitative estimate of drug-likeness (QED) is 0.559. The van der Waals surface area contributed by atoms with Crippen LogP contribution in [0.5, 0.6) is 5.75 Å². The van der Waals surface area contributed by atoms with E-state index in [4.69, 9.17) is 16.3 Å². The Morgan fingerprint density at radius 1 is 1.08 bits per heavy atom. The van der Waals surface area contributed by atoms with Gasteiger partial charge in [0.05, 0.1) is 29.6 Å². The van der Waals surface area contributed by atoms with Gasteiger partial charge in [0.1, 0.15) is 17.9 Å². The monoisotopic (exact) mass is 365 g/mol. The van der Waals surface area contributed by atoms with Crippen molar-refractivity contribution < 1.29 is 4.74 Å². The number of fused-ring (bicyclic) bond motifs is 1. The molecule has 4 aromatic rings. The lowest BCUT2D eigenvalue weighted by molar-refractivity contribution is 0.342. The van der Waals surface area contributed by atoms with Crippen LogP contribution in [0.2, 0.25) is 5.02 Å². The molecule has 0 amide bonds. The lowest BCUT2D eigenvalue weighted by Gasteiger charge is -2.12. The smallest absolute Gasteiger partial charge is 0.168 e. The minimum atomic E-state index is 0.590. The number of anilines is 2. The fraction of sp³-hybridized carbons (Fsp3) is 0.105. The summed E-state index contributed by atoms with van der Waals surface area (Å²) in [6.45, 7) is 2.54. The molecule has 2 aromatic carbocycles. The van der Waals surface area contributed by atoms with E-state index in [0.29, 0.717) is 23.1 Å². The molecule has 0 fully saturated rings. The third kappa shape index (κ3) is 3.07. The van der Waals surface area contributed by atoms with Crippen molar-refractivity contribution in [3.8, 4) is 11.4 Å². The Kier molecular flexibility index (Phi) is 4.41. The fourth-order valence-corrected chi connectivity index (χ4v) is 2.82. The van der Waals surface area contributed by atoms with Crippen LogP contribution in [0.4, 0.5) is 11.5 Å². The van der Waals surface area contributed by atoms with E-state index in [1.807, 2.05) is 55.5 Å². The van der Waals surface area contributed by atoms with Gasteiger partial charge in [-0.15, -0.1) is 0 Å². The lowest BCUT2D eigenvalue weighted by Crippen LogP contribution is -2.01. The van der Waals surface area contributed by atoms with Gasteiger partial charge in [-0.2, -0.15) is 5.10 Å². The largest absolute Gasteiger partial charge is 0.492 e. The summed E-state index contributed by atoms with van der Waals surface area (Å²) in [6, 6.07) is 15.2. The van der Waals surface area contributed by atoms with Crippen molar-refractivity contribution in [2.45, 2.75) is 6.92 Å². The topological polar surface area (TPSA) is 64.9 Å². The molecule has 2 heterocycles. The number of aromatic nitrogens is 4. The Hall–Kier alpha value is -3.12. The second-order valence-electron chi connectivity index (χ2n) is 5.55. The summed E-state index contributed by atoms with van der Waals surface area (Å²) in [6.07, 6.45) is 3.26. The number of nitrogens with zero attached hydrogens (tertiary/aromatic N) is 4. The average Bonchev–Trinajstić information content (AvgIpc) is 3.09. The summed E-state index contributed by atoms with van der Waals surface area (Å²) >= 11 is 5.97. The predicted octanol–water partition coefficient (Wildman–Crippen LogP) is 4.61. The van der Waals surface area contributed by atoms with E-state index in [-0.39, 0.29) is 0 Å². The first kappa shape index (κ1) is 16.4. The van der Waals surface area contributed by atoms with Crippen LogP contribution in [0, 0.1) is 0 Å². The maximum Gasteiger partial charge on any atom is 0.168 e. The molecule has 0 radical (unpaired) electrons. The summed E-state index contributed by atoms with van der Waals surface area (Å²) in [5.74, 6) is 1.44. The lowest BCUT2D eigenvalue weighted by atomic mass is 10.2. The first-order valence-corrected chi connectivity index (χ1v) is 8.57. The van der Waals surface area contributed by atoms with E-state index in [1.54, 1.807) is 10.9 Å². The number of para-hydroxylation sites is 2. The molecule has 4 rings (SSSR count). The second kappa shape index (κ2) is 7.01. The standard InChI is InChI=1S/C19H16ClN5O/c1-2-26-17-6-4-3-5-16(17)24-18-15-11-23-25(19(15)22-12-21-18)14-9-7-13(20)8-10-14/h3-12H,2H2,1H3,(H,21,22,24). The Balaban J connectivity index is 1.75. The van der Waals surface area contributed by atoms with Crippen LogP contribution >= 0.6 is 11.6 Å². The zero-order valence-electron chi connectivity index (χ0n) is 14.1. The Morgan fingerprint density at radius 2 is 1.88 bits per heavy atom. The van der Waals surface area contributed by atoms with Gasteiger partial charge in [0.15, 0.2) is 5.65 Å². The molecule has 0 bridgehead atoms. The third-order valence-corrected chi connectivity index (χ3v) is 4.13. The van der Waals surface area contributed by atoms with Gasteiger partial charge >= 0.3 is 0 Å². The maximum atomic E-state index is 5.97. The van der Waals surface area contributed by atoms with Crippen LogP contribution in [-0.2, 0) is 0 Å². The molecule has 0 unspecified atom stereocenters. The summed E-state index contributed by atoms with van der Waals surface area (Å²) in [4.78, 5) is 8.76. The van der Waals surface area contributed by atoms with Crippen LogP contribution < -0.4 is 10.1 Å². The first-order valence-electron chi connectivity index (χ1n) is 8.20. The highest BCUT2D eigenvalue weighted by molar-refractivity contribution is 6.30. The van der Waals surface area contributed by atoms with Gasteiger partial charge in [-0.05, 0) is 43.3 Å². The van der Waals surface area contributed by atoms with Gasteiger partial charge in [0.25, 0.3) is 0 Å². The number of hydrogen-bond donors (Lipinski definition) is 1. The van der Waals surface area contributed by atoms with Crippen LogP contribution in [0.25, 0.3) is 16.7 Å². The molecule has 1 N–H and O–H groups in total. The van der Waals surface area contributed by atoms with Gasteiger partial charge in [0.2, 0.25) is 0 Å². The minimum Gasteiger partial charge on any atom is -0.492 e. The molecule has 7 heteroatoms. The molecule has 0 saturated carbocycles. The summed E-state index contributed by atoms with van der Waals surface area (Å²) in [7, 11) is 0. The van der Waals surface area contributed by atoms with E-state index in [9.17, 15) is 0 Å². The molecule has 0 atom stereocenters. The predicted molar refractivity (Wildman–Crippen MR) is 103 cm³/mol. The molecule has 130 valence electrons. The third-order valence-electron chi connectivity index (χ3n) is 3.88. The van der Waals surface area contributed by atoms with E-state index in [2.05, 4.69) is 20.4 Å². The van der Waals surface area contributed by atoms with Crippen LogP contribution in [0.3, 0.4) is 0 Å². The molecule has 6 nitrogen and oxygen atoms in total. The number of hydrogen-bond acceptors (Lipinski definition) is 5. The molecule has 0 aliphatic heterocycles. The molecule has 0 aliphatic rings. The zero-order chi connectivity index (χ0) is 17.9. The average molecular weight is 366 g/mol. The van der Waals surface area contributed by atoms with Crippen molar-refractivity contribution in [1.29, 1.82) is 0 Å². The van der Waals surface area contributed by atoms with Gasteiger partial charge in [-0.1, -0.05) is 23.7 Å². The number of nitrogens with one attached hydrogen (secondary N) is 1. The summed E-state index contributed by atoms with van der Waals surface area (Å²) in [5.41, 5.74) is 2.43. The number of rotatable bonds is 5. The molecule has 2 aromatic heterocycles. The highest BCUT2D eigenvalue weighted by Crippen LogP contribution is 2.30. The van der Waals surface area contributed by atoms with Crippen molar-refractivity contribution in [2.24, 2.45) is 0 Å². The maximum absolute atomic E-state index is 5.97. The Labute approximate surface area is 155 Å². The van der Waals surface area contributed by atoms with E-state index in [0.717, 1.165) is 22.5 Å². The van der Waals surface area contributed by atoms with Gasteiger partial charge in [0, 0.05) is 5.02 Å². The van der Waals surface area contributed by atoms with E-state index in [1.165, 1.54) is 6.33 Å². The van der Waals surface area contributed by atoms with Gasteiger partial charge in [-0.25, -0.2) is 14.6 Å². The number of benzene rings is 2. The minimum absolute atomic E-state index is 0.590. The normalized spacial score (nSPS) is 10.8.